The Morgan fingerprint density at radius 3 is 1.60 bits per heavy atom. The summed E-state index contributed by atoms with van der Waals surface area (Å²) < 4.78 is 46.2. The van der Waals surface area contributed by atoms with E-state index in [-0.39, 0.29) is 29.9 Å². The minimum absolute atomic E-state index is 0.101. The van der Waals surface area contributed by atoms with Crippen molar-refractivity contribution in [2.24, 2.45) is 0 Å². The lowest BCUT2D eigenvalue weighted by Crippen LogP contribution is -2.26. The van der Waals surface area contributed by atoms with Crippen molar-refractivity contribution in [2.45, 2.75) is 5.41 Å². The van der Waals surface area contributed by atoms with Gasteiger partial charge in [0.05, 0.1) is 12.3 Å². The van der Waals surface area contributed by atoms with Crippen molar-refractivity contribution in [3.05, 3.63) is 241 Å². The third-order valence-corrected chi connectivity index (χ3v) is 13.1. The molecular formula is C55H36N2S. The van der Waals surface area contributed by atoms with Gasteiger partial charge in [-0.3, -0.25) is 0 Å². The van der Waals surface area contributed by atoms with Gasteiger partial charge in [-0.2, -0.15) is 0 Å². The maximum Gasteiger partial charge on any atom is 0.0726 e. The number of benzene rings is 9. The number of thiophene rings is 1. The van der Waals surface area contributed by atoms with E-state index < -0.39 is 11.5 Å². The molecule has 2 nitrogen and oxygen atoms in total. The number of hydrogen-bond acceptors (Lipinski definition) is 3. The van der Waals surface area contributed by atoms with E-state index in [0.717, 1.165) is 33.8 Å². The van der Waals surface area contributed by atoms with Gasteiger partial charge in [-0.25, -0.2) is 0 Å². The van der Waals surface area contributed by atoms with Gasteiger partial charge in [0.2, 0.25) is 0 Å². The van der Waals surface area contributed by atoms with Crippen LogP contribution in [0.15, 0.2) is 218 Å². The number of nitrogens with zero attached hydrogens (tertiary/aromatic N) is 2. The number of anilines is 6. The van der Waals surface area contributed by atoms with Crippen LogP contribution in [0.1, 0.15) is 29.1 Å². The molecule has 0 aliphatic heterocycles. The van der Waals surface area contributed by atoms with E-state index >= 15 is 0 Å². The number of rotatable bonds is 6. The Kier molecular flexibility index (Phi) is 6.29. The van der Waals surface area contributed by atoms with Gasteiger partial charge >= 0.3 is 0 Å². The first-order chi connectivity index (χ1) is 30.8. The van der Waals surface area contributed by atoms with Crippen LogP contribution >= 0.6 is 11.3 Å². The van der Waals surface area contributed by atoms with Crippen LogP contribution in [-0.4, -0.2) is 0 Å². The highest BCUT2D eigenvalue weighted by Gasteiger charge is 2.52. The van der Waals surface area contributed by atoms with E-state index in [1.54, 1.807) is 4.90 Å². The summed E-state index contributed by atoms with van der Waals surface area (Å²) >= 11 is 1.82. The van der Waals surface area contributed by atoms with Crippen LogP contribution < -0.4 is 9.80 Å². The number of hydrogen-bond donors (Lipinski definition) is 0. The molecule has 9 aromatic carbocycles. The van der Waals surface area contributed by atoms with Crippen LogP contribution in [0.3, 0.4) is 0 Å². The zero-order valence-electron chi connectivity index (χ0n) is 36.2. The summed E-state index contributed by atoms with van der Waals surface area (Å²) in [6.07, 6.45) is 0. The molecule has 0 bridgehead atoms. The van der Waals surface area contributed by atoms with Gasteiger partial charge in [-0.15, -0.1) is 11.3 Å². The molecule has 0 amide bonds. The molecule has 1 spiro atoms. The van der Waals surface area contributed by atoms with Gasteiger partial charge in [0.1, 0.15) is 0 Å². The normalized spacial score (nSPS) is 15.8. The van der Waals surface area contributed by atoms with Gasteiger partial charge in [0, 0.05) is 54.3 Å². The lowest BCUT2D eigenvalue weighted by Gasteiger charge is -2.32. The molecule has 2 aliphatic rings. The fourth-order valence-electron chi connectivity index (χ4n) is 9.62. The maximum atomic E-state index is 9.05. The number of para-hydroxylation sites is 3. The molecule has 1 unspecified atom stereocenters. The minimum atomic E-state index is -0.668. The second kappa shape index (κ2) is 12.9. The largest absolute Gasteiger partial charge is 0.310 e. The summed E-state index contributed by atoms with van der Waals surface area (Å²) in [6.45, 7) is 0. The standard InChI is InChI=1S/C55H36N2S/c1-4-16-37(17-5-1)56(38-18-6-2-7-19-38)40-30-33-51-48(34-40)44-23-11-14-26-50(44)55(51)49-25-13-10-22-43(49)45-31-28-41(35-52(45)55)57(39-20-8-3-9-21-39)42-29-32-47-46-24-12-15-27-53(46)58-54(47)36-42/h1-36H/i1D,4D,5D,16D,17D. The van der Waals surface area contributed by atoms with E-state index in [0.29, 0.717) is 11.4 Å². The summed E-state index contributed by atoms with van der Waals surface area (Å²) in [5, 5.41) is 2.53. The SMILES string of the molecule is [2H]c1c([2H])c([2H])c(N(c2ccccc2)c2ccc3c(c2)-c2ccccc2C32c3ccccc3-c3ccc(N(c4ccccc4)c4ccc5c(c4)sc4ccccc45)cc32)c([2H])c1[2H]. The van der Waals surface area contributed by atoms with Crippen molar-refractivity contribution in [1.82, 2.24) is 0 Å². The van der Waals surface area contributed by atoms with Gasteiger partial charge in [0.15, 0.2) is 0 Å². The third-order valence-electron chi connectivity index (χ3n) is 11.9. The van der Waals surface area contributed by atoms with E-state index in [1.807, 2.05) is 47.7 Å². The van der Waals surface area contributed by atoms with Crippen LogP contribution in [0.2, 0.25) is 0 Å². The van der Waals surface area contributed by atoms with E-state index in [9.17, 15) is 0 Å². The van der Waals surface area contributed by atoms with Gasteiger partial charge in [0.25, 0.3) is 0 Å². The molecule has 3 heteroatoms. The van der Waals surface area contributed by atoms with Crippen molar-refractivity contribution in [1.29, 1.82) is 0 Å². The van der Waals surface area contributed by atoms with Crippen molar-refractivity contribution >= 4 is 65.6 Å². The Hall–Kier alpha value is -7.20. The van der Waals surface area contributed by atoms with Crippen LogP contribution in [0.5, 0.6) is 0 Å². The molecule has 1 heterocycles. The van der Waals surface area contributed by atoms with Crippen molar-refractivity contribution in [3.8, 4) is 22.3 Å². The van der Waals surface area contributed by atoms with Crippen molar-refractivity contribution in [2.75, 3.05) is 9.80 Å². The summed E-state index contributed by atoms with van der Waals surface area (Å²) in [5.41, 5.74) is 13.2. The smallest absolute Gasteiger partial charge is 0.0726 e. The molecule has 272 valence electrons. The zero-order chi connectivity index (χ0) is 42.6. The first kappa shape index (κ1) is 28.2. The molecule has 0 N–H and O–H groups in total. The second-order valence-corrected chi connectivity index (χ2v) is 16.0. The Balaban J connectivity index is 1.09. The van der Waals surface area contributed by atoms with Crippen LogP contribution in [0, 0.1) is 0 Å². The summed E-state index contributed by atoms with van der Waals surface area (Å²) in [6, 6.07) is 64.5. The molecule has 10 aromatic rings. The lowest BCUT2D eigenvalue weighted by atomic mass is 9.70. The molecule has 1 atom stereocenters. The van der Waals surface area contributed by atoms with Crippen LogP contribution in [0.4, 0.5) is 34.1 Å². The summed E-state index contributed by atoms with van der Waals surface area (Å²) in [7, 11) is 0. The van der Waals surface area contributed by atoms with E-state index in [1.165, 1.54) is 48.0 Å². The molecule has 0 fully saturated rings. The molecule has 2 aliphatic carbocycles. The highest BCUT2D eigenvalue weighted by atomic mass is 32.1. The van der Waals surface area contributed by atoms with Crippen LogP contribution in [-0.2, 0) is 5.41 Å². The van der Waals surface area contributed by atoms with Gasteiger partial charge in [-0.1, -0.05) is 139 Å². The lowest BCUT2D eigenvalue weighted by molar-refractivity contribution is 0.793. The quantitative estimate of drug-likeness (QED) is 0.166. The predicted octanol–water partition coefficient (Wildman–Crippen LogP) is 15.3. The average molecular weight is 762 g/mol. The molecule has 0 saturated heterocycles. The number of fused-ring (bicyclic) bond motifs is 13. The Morgan fingerprint density at radius 1 is 0.345 bits per heavy atom. The molecule has 0 saturated carbocycles. The molecule has 0 radical (unpaired) electrons. The fourth-order valence-corrected chi connectivity index (χ4v) is 10.8. The minimum Gasteiger partial charge on any atom is -0.310 e. The van der Waals surface area contributed by atoms with E-state index in [4.69, 9.17) is 6.85 Å². The zero-order valence-corrected chi connectivity index (χ0v) is 32.0. The van der Waals surface area contributed by atoms with E-state index in [2.05, 4.69) is 157 Å². The molecule has 1 aromatic heterocycles. The van der Waals surface area contributed by atoms with Crippen molar-refractivity contribution in [3.63, 3.8) is 0 Å². The molecular weight excluding hydrogens is 721 g/mol. The first-order valence-electron chi connectivity index (χ1n) is 22.0. The Labute approximate surface area is 349 Å². The maximum absolute atomic E-state index is 9.05. The monoisotopic (exact) mass is 761 g/mol. The summed E-state index contributed by atoms with van der Waals surface area (Å²) in [4.78, 5) is 4.16. The topological polar surface area (TPSA) is 6.48 Å². The highest BCUT2D eigenvalue weighted by molar-refractivity contribution is 7.25. The van der Waals surface area contributed by atoms with Crippen molar-refractivity contribution < 1.29 is 6.85 Å². The Bertz CT molecular complexity index is 3470. The molecule has 12 rings (SSSR count). The Morgan fingerprint density at radius 2 is 0.862 bits per heavy atom. The van der Waals surface area contributed by atoms with Gasteiger partial charge < -0.3 is 9.80 Å². The van der Waals surface area contributed by atoms with Crippen LogP contribution in [0.25, 0.3) is 42.4 Å². The summed E-state index contributed by atoms with van der Waals surface area (Å²) in [5.74, 6) is 0. The highest BCUT2D eigenvalue weighted by Crippen LogP contribution is 2.64. The second-order valence-electron chi connectivity index (χ2n) is 14.9. The fraction of sp³-hybridized carbons (Fsp3) is 0.0182. The average Bonchev–Trinajstić information content (AvgIpc) is 3.95. The molecule has 58 heavy (non-hydrogen) atoms. The predicted molar refractivity (Wildman–Crippen MR) is 245 cm³/mol. The van der Waals surface area contributed by atoms with Gasteiger partial charge in [-0.05, 0) is 123 Å². The first-order valence-corrected chi connectivity index (χ1v) is 20.3. The third kappa shape index (κ3) is 4.78.